The second kappa shape index (κ2) is 7.15. The Kier molecular flexibility index (Phi) is 6.15. The van der Waals surface area contributed by atoms with E-state index in [1.165, 1.54) is 17.7 Å². The van der Waals surface area contributed by atoms with Crippen LogP contribution in [0.4, 0.5) is 0 Å². The summed E-state index contributed by atoms with van der Waals surface area (Å²) in [6.07, 6.45) is 4.50. The first-order chi connectivity index (χ1) is 7.27. The van der Waals surface area contributed by atoms with Crippen molar-refractivity contribution in [2.75, 3.05) is 18.6 Å². The first kappa shape index (κ1) is 12.9. The molecule has 1 unspecified atom stereocenters. The Hall–Kier alpha value is -0.180. The van der Waals surface area contributed by atoms with Gasteiger partial charge in [0.25, 0.3) is 0 Å². The van der Waals surface area contributed by atoms with Crippen LogP contribution in [0.3, 0.4) is 0 Å². The van der Waals surface area contributed by atoms with Crippen LogP contribution in [-0.2, 0) is 0 Å². The molecule has 1 aromatic carbocycles. The summed E-state index contributed by atoms with van der Waals surface area (Å²) in [5.74, 6) is 1.66. The average molecular weight is 244 g/mol. The van der Waals surface area contributed by atoms with Gasteiger partial charge in [-0.15, -0.1) is 0 Å². The fourth-order valence-corrected chi connectivity index (χ4v) is 2.31. The molecular formula is C12H18ClNS. The minimum atomic E-state index is 0.454. The monoisotopic (exact) mass is 243 g/mol. The van der Waals surface area contributed by atoms with Crippen LogP contribution in [0.2, 0.25) is 5.02 Å². The lowest BCUT2D eigenvalue weighted by Crippen LogP contribution is -2.12. The summed E-state index contributed by atoms with van der Waals surface area (Å²) in [7, 11) is 0. The number of nitrogens with two attached hydrogens (primary N) is 1. The van der Waals surface area contributed by atoms with Gasteiger partial charge in [0, 0.05) is 5.02 Å². The van der Waals surface area contributed by atoms with Gasteiger partial charge in [0.05, 0.1) is 0 Å². The largest absolute Gasteiger partial charge is 0.330 e. The maximum absolute atomic E-state index is 5.96. The number of halogens is 1. The van der Waals surface area contributed by atoms with E-state index in [1.807, 2.05) is 30.0 Å². The minimum absolute atomic E-state index is 0.454. The van der Waals surface area contributed by atoms with Crippen LogP contribution >= 0.6 is 23.4 Å². The summed E-state index contributed by atoms with van der Waals surface area (Å²) in [5.41, 5.74) is 7.06. The summed E-state index contributed by atoms with van der Waals surface area (Å²) in [5, 5.41) is 0.802. The van der Waals surface area contributed by atoms with Gasteiger partial charge >= 0.3 is 0 Å². The highest BCUT2D eigenvalue weighted by Gasteiger charge is 2.09. The Morgan fingerprint density at radius 3 is 2.87 bits per heavy atom. The molecule has 3 heteroatoms. The number of thioether (sulfide) groups is 1. The van der Waals surface area contributed by atoms with E-state index in [0.29, 0.717) is 12.5 Å². The molecule has 0 spiro atoms. The van der Waals surface area contributed by atoms with Crippen LogP contribution in [0, 0.1) is 0 Å². The van der Waals surface area contributed by atoms with Crippen molar-refractivity contribution < 1.29 is 0 Å². The van der Waals surface area contributed by atoms with Gasteiger partial charge in [-0.1, -0.05) is 23.7 Å². The summed E-state index contributed by atoms with van der Waals surface area (Å²) in [6.45, 7) is 0.703. The van der Waals surface area contributed by atoms with Gasteiger partial charge in [0.2, 0.25) is 0 Å². The minimum Gasteiger partial charge on any atom is -0.330 e. The number of rotatable bonds is 6. The first-order valence-corrected chi connectivity index (χ1v) is 6.99. The fourth-order valence-electron chi connectivity index (χ4n) is 1.66. The van der Waals surface area contributed by atoms with Crippen LogP contribution in [-0.4, -0.2) is 18.6 Å². The Bertz CT molecular complexity index is 291. The number of hydrogen-bond acceptors (Lipinski definition) is 2. The standard InChI is InChI=1S/C12H18ClNS/c1-15-7-3-5-11(9-14)10-4-2-6-12(13)8-10/h2,4,6,8,11H,3,5,7,9,14H2,1H3. The van der Waals surface area contributed by atoms with E-state index in [4.69, 9.17) is 17.3 Å². The van der Waals surface area contributed by atoms with Crippen molar-refractivity contribution in [3.05, 3.63) is 34.9 Å². The van der Waals surface area contributed by atoms with Crippen LogP contribution < -0.4 is 5.73 Å². The van der Waals surface area contributed by atoms with Gasteiger partial charge in [0.15, 0.2) is 0 Å². The maximum atomic E-state index is 5.96. The van der Waals surface area contributed by atoms with Gasteiger partial charge in [-0.3, -0.25) is 0 Å². The van der Waals surface area contributed by atoms with Gasteiger partial charge in [-0.2, -0.15) is 11.8 Å². The van der Waals surface area contributed by atoms with E-state index in [0.717, 1.165) is 11.4 Å². The van der Waals surface area contributed by atoms with Crippen molar-refractivity contribution in [2.45, 2.75) is 18.8 Å². The molecule has 1 rings (SSSR count). The molecule has 0 aromatic heterocycles. The average Bonchev–Trinajstić information content (AvgIpc) is 2.24. The highest BCUT2D eigenvalue weighted by atomic mass is 35.5. The zero-order chi connectivity index (χ0) is 11.1. The number of benzene rings is 1. The molecule has 2 N–H and O–H groups in total. The smallest absolute Gasteiger partial charge is 0.0408 e. The van der Waals surface area contributed by atoms with E-state index in [1.54, 1.807) is 0 Å². The third kappa shape index (κ3) is 4.45. The Labute approximate surface area is 101 Å². The van der Waals surface area contributed by atoms with Crippen molar-refractivity contribution in [1.29, 1.82) is 0 Å². The lowest BCUT2D eigenvalue weighted by atomic mass is 9.95. The molecule has 15 heavy (non-hydrogen) atoms. The predicted octanol–water partition coefficient (Wildman–Crippen LogP) is 3.53. The third-order valence-corrected chi connectivity index (χ3v) is 3.44. The zero-order valence-corrected chi connectivity index (χ0v) is 10.7. The van der Waals surface area contributed by atoms with E-state index in [2.05, 4.69) is 12.3 Å². The lowest BCUT2D eigenvalue weighted by Gasteiger charge is -2.14. The fraction of sp³-hybridized carbons (Fsp3) is 0.500. The molecule has 0 amide bonds. The molecule has 1 aromatic rings. The van der Waals surface area contributed by atoms with Crippen LogP contribution in [0.5, 0.6) is 0 Å². The SMILES string of the molecule is CSCCCC(CN)c1cccc(Cl)c1. The first-order valence-electron chi connectivity index (χ1n) is 5.22. The topological polar surface area (TPSA) is 26.0 Å². The van der Waals surface area contributed by atoms with Gasteiger partial charge in [0.1, 0.15) is 0 Å². The normalized spacial score (nSPS) is 12.7. The molecular weight excluding hydrogens is 226 g/mol. The molecule has 1 nitrogen and oxygen atoms in total. The molecule has 0 aliphatic carbocycles. The third-order valence-electron chi connectivity index (χ3n) is 2.51. The molecule has 1 atom stereocenters. The van der Waals surface area contributed by atoms with E-state index < -0.39 is 0 Å². The maximum Gasteiger partial charge on any atom is 0.0408 e. The van der Waals surface area contributed by atoms with Gasteiger partial charge in [-0.25, -0.2) is 0 Å². The molecule has 0 radical (unpaired) electrons. The number of hydrogen-bond donors (Lipinski definition) is 1. The quantitative estimate of drug-likeness (QED) is 0.774. The van der Waals surface area contributed by atoms with Crippen LogP contribution in [0.1, 0.15) is 24.3 Å². The molecule has 0 bridgehead atoms. The van der Waals surface area contributed by atoms with Gasteiger partial charge in [-0.05, 0) is 55.0 Å². The predicted molar refractivity (Wildman–Crippen MR) is 70.9 cm³/mol. The molecule has 0 aliphatic heterocycles. The van der Waals surface area contributed by atoms with E-state index in [-0.39, 0.29) is 0 Å². The summed E-state index contributed by atoms with van der Waals surface area (Å²) in [6, 6.07) is 8.04. The summed E-state index contributed by atoms with van der Waals surface area (Å²) < 4.78 is 0. The molecule has 0 saturated carbocycles. The van der Waals surface area contributed by atoms with E-state index >= 15 is 0 Å². The summed E-state index contributed by atoms with van der Waals surface area (Å²) >= 11 is 7.85. The van der Waals surface area contributed by atoms with Crippen LogP contribution in [0.25, 0.3) is 0 Å². The second-order valence-corrected chi connectivity index (χ2v) is 5.04. The van der Waals surface area contributed by atoms with Gasteiger partial charge < -0.3 is 5.73 Å². The highest BCUT2D eigenvalue weighted by molar-refractivity contribution is 7.98. The van der Waals surface area contributed by atoms with Crippen LogP contribution in [0.15, 0.2) is 24.3 Å². The van der Waals surface area contributed by atoms with Crippen molar-refractivity contribution >= 4 is 23.4 Å². The van der Waals surface area contributed by atoms with Crippen molar-refractivity contribution in [3.8, 4) is 0 Å². The van der Waals surface area contributed by atoms with Crippen molar-refractivity contribution in [1.82, 2.24) is 0 Å². The molecule has 0 saturated heterocycles. The zero-order valence-electron chi connectivity index (χ0n) is 9.08. The van der Waals surface area contributed by atoms with E-state index in [9.17, 15) is 0 Å². The van der Waals surface area contributed by atoms with Crippen molar-refractivity contribution in [2.24, 2.45) is 5.73 Å². The Balaban J connectivity index is 2.57. The molecule has 0 aliphatic rings. The van der Waals surface area contributed by atoms with Crippen molar-refractivity contribution in [3.63, 3.8) is 0 Å². The Morgan fingerprint density at radius 1 is 1.47 bits per heavy atom. The lowest BCUT2D eigenvalue weighted by molar-refractivity contribution is 0.626. The molecule has 84 valence electrons. The summed E-state index contributed by atoms with van der Waals surface area (Å²) in [4.78, 5) is 0. The highest BCUT2D eigenvalue weighted by Crippen LogP contribution is 2.23. The Morgan fingerprint density at radius 2 is 2.27 bits per heavy atom. The molecule has 0 heterocycles. The second-order valence-electron chi connectivity index (χ2n) is 3.62. The molecule has 0 fully saturated rings.